The lowest BCUT2D eigenvalue weighted by molar-refractivity contribution is -0.117. The molecule has 0 unspecified atom stereocenters. The van der Waals surface area contributed by atoms with Crippen molar-refractivity contribution in [2.45, 2.75) is 12.8 Å². The summed E-state index contributed by atoms with van der Waals surface area (Å²) < 4.78 is 6.95. The summed E-state index contributed by atoms with van der Waals surface area (Å²) >= 11 is 0. The first-order valence-corrected chi connectivity index (χ1v) is 10.7. The Hall–Kier alpha value is -3.82. The van der Waals surface area contributed by atoms with Crippen LogP contribution in [0, 0.1) is 5.92 Å². The van der Waals surface area contributed by atoms with E-state index in [0.29, 0.717) is 49.2 Å². The Morgan fingerprint density at radius 3 is 2.56 bits per heavy atom. The fourth-order valence-electron chi connectivity index (χ4n) is 3.78. The number of hydrogen-bond acceptors (Lipinski definition) is 6. The van der Waals surface area contributed by atoms with Crippen molar-refractivity contribution in [1.82, 2.24) is 19.5 Å². The van der Waals surface area contributed by atoms with Crippen molar-refractivity contribution in [1.29, 1.82) is 0 Å². The number of hydrogen-bond donors (Lipinski definition) is 2. The van der Waals surface area contributed by atoms with Crippen LogP contribution in [0.15, 0.2) is 42.5 Å². The average Bonchev–Trinajstić information content (AvgIpc) is 3.59. The second-order valence-corrected chi connectivity index (χ2v) is 7.99. The summed E-state index contributed by atoms with van der Waals surface area (Å²) in [5, 5.41) is 10.2. The fraction of sp³-hybridized carbons (Fsp3) is 0.364. The molecule has 166 valence electrons. The lowest BCUT2D eigenvalue weighted by atomic mass is 10.3. The summed E-state index contributed by atoms with van der Waals surface area (Å²) in [5.41, 5.74) is 1.37. The normalized spacial score (nSPS) is 16.2. The van der Waals surface area contributed by atoms with Crippen LogP contribution in [0.2, 0.25) is 0 Å². The first-order valence-electron chi connectivity index (χ1n) is 10.7. The van der Waals surface area contributed by atoms with Crippen LogP contribution in [0.1, 0.15) is 12.8 Å². The summed E-state index contributed by atoms with van der Waals surface area (Å²) in [6, 6.07) is 12.9. The number of rotatable bonds is 5. The highest BCUT2D eigenvalue weighted by molar-refractivity contribution is 5.92. The molecule has 10 nitrogen and oxygen atoms in total. The maximum atomic E-state index is 12.7. The Bertz CT molecular complexity index is 1150. The Kier molecular flexibility index (Phi) is 5.26. The molecule has 1 saturated carbocycles. The number of urea groups is 1. The molecule has 3 amide bonds. The minimum Gasteiger partial charge on any atom is -0.497 e. The SMILES string of the molecule is COc1cccc(NC(=O)N2CCN(c3cccc4nc(NC(=O)C5CC5)nn34)CC2)c1. The number of ether oxygens (including phenoxy) is 1. The lowest BCUT2D eigenvalue weighted by Crippen LogP contribution is -2.50. The van der Waals surface area contributed by atoms with Gasteiger partial charge in [-0.05, 0) is 37.1 Å². The molecule has 3 aromatic rings. The van der Waals surface area contributed by atoms with Gasteiger partial charge >= 0.3 is 6.03 Å². The minimum absolute atomic E-state index is 0.0156. The van der Waals surface area contributed by atoms with Gasteiger partial charge in [-0.25, -0.2) is 4.79 Å². The van der Waals surface area contributed by atoms with E-state index in [1.807, 2.05) is 36.4 Å². The molecular formula is C22H25N7O3. The van der Waals surface area contributed by atoms with Crippen molar-refractivity contribution in [2.75, 3.05) is 48.8 Å². The number of carbonyl (C=O) groups excluding carboxylic acids is 2. The van der Waals surface area contributed by atoms with E-state index in [2.05, 4.69) is 25.6 Å². The number of carbonyl (C=O) groups is 2. The van der Waals surface area contributed by atoms with E-state index >= 15 is 0 Å². The van der Waals surface area contributed by atoms with Crippen molar-refractivity contribution in [3.8, 4) is 5.75 Å². The number of anilines is 3. The largest absolute Gasteiger partial charge is 0.497 e. The molecule has 1 saturated heterocycles. The molecule has 32 heavy (non-hydrogen) atoms. The minimum atomic E-state index is -0.137. The maximum Gasteiger partial charge on any atom is 0.321 e. The zero-order chi connectivity index (χ0) is 22.1. The number of fused-ring (bicyclic) bond motifs is 1. The van der Waals surface area contributed by atoms with E-state index in [9.17, 15) is 9.59 Å². The van der Waals surface area contributed by atoms with Crippen molar-refractivity contribution in [2.24, 2.45) is 5.92 Å². The molecule has 5 rings (SSSR count). The summed E-state index contributed by atoms with van der Waals surface area (Å²) in [4.78, 5) is 33.1. The number of benzene rings is 1. The summed E-state index contributed by atoms with van der Waals surface area (Å²) in [7, 11) is 1.60. The van der Waals surface area contributed by atoms with E-state index in [1.54, 1.807) is 22.6 Å². The highest BCUT2D eigenvalue weighted by Crippen LogP contribution is 2.30. The van der Waals surface area contributed by atoms with Crippen LogP contribution in [0.5, 0.6) is 5.75 Å². The number of nitrogens with zero attached hydrogens (tertiary/aromatic N) is 5. The van der Waals surface area contributed by atoms with Crippen molar-refractivity contribution in [3.05, 3.63) is 42.5 Å². The second-order valence-electron chi connectivity index (χ2n) is 7.99. The predicted molar refractivity (Wildman–Crippen MR) is 120 cm³/mol. The van der Waals surface area contributed by atoms with Crippen LogP contribution in [-0.2, 0) is 4.79 Å². The fourth-order valence-corrected chi connectivity index (χ4v) is 3.78. The van der Waals surface area contributed by atoms with Crippen LogP contribution in [0.25, 0.3) is 5.65 Å². The third-order valence-electron chi connectivity index (χ3n) is 5.73. The van der Waals surface area contributed by atoms with Crippen molar-refractivity contribution < 1.29 is 14.3 Å². The Morgan fingerprint density at radius 1 is 1.03 bits per heavy atom. The van der Waals surface area contributed by atoms with Gasteiger partial charge in [0.25, 0.3) is 0 Å². The molecule has 0 atom stereocenters. The highest BCUT2D eigenvalue weighted by Gasteiger charge is 2.30. The second kappa shape index (κ2) is 8.37. The Morgan fingerprint density at radius 2 is 1.81 bits per heavy atom. The number of aromatic nitrogens is 3. The summed E-state index contributed by atoms with van der Waals surface area (Å²) in [5.74, 6) is 1.98. The van der Waals surface area contributed by atoms with Crippen LogP contribution in [-0.4, -0.2) is 64.7 Å². The van der Waals surface area contributed by atoms with Crippen LogP contribution < -0.4 is 20.3 Å². The van der Waals surface area contributed by atoms with Crippen molar-refractivity contribution >= 4 is 35.0 Å². The first-order chi connectivity index (χ1) is 15.6. The van der Waals surface area contributed by atoms with Crippen LogP contribution in [0.3, 0.4) is 0 Å². The van der Waals surface area contributed by atoms with E-state index in [4.69, 9.17) is 4.74 Å². The Labute approximate surface area is 185 Å². The van der Waals surface area contributed by atoms with Gasteiger partial charge in [0.1, 0.15) is 11.6 Å². The van der Waals surface area contributed by atoms with Crippen LogP contribution >= 0.6 is 0 Å². The lowest BCUT2D eigenvalue weighted by Gasteiger charge is -2.35. The molecular weight excluding hydrogens is 410 g/mol. The maximum absolute atomic E-state index is 12.7. The summed E-state index contributed by atoms with van der Waals surface area (Å²) in [6.45, 7) is 2.47. The van der Waals surface area contributed by atoms with Gasteiger partial charge in [0.15, 0.2) is 5.65 Å². The topological polar surface area (TPSA) is 104 Å². The van der Waals surface area contributed by atoms with E-state index in [0.717, 1.165) is 18.7 Å². The van der Waals surface area contributed by atoms with Gasteiger partial charge in [-0.15, -0.1) is 5.10 Å². The zero-order valence-electron chi connectivity index (χ0n) is 17.8. The first kappa shape index (κ1) is 20.1. The number of piperazine rings is 1. The van der Waals surface area contributed by atoms with Crippen molar-refractivity contribution in [3.63, 3.8) is 0 Å². The van der Waals surface area contributed by atoms with Gasteiger partial charge in [-0.3, -0.25) is 10.1 Å². The third kappa shape index (κ3) is 4.16. The highest BCUT2D eigenvalue weighted by atomic mass is 16.5. The van der Waals surface area contributed by atoms with Gasteiger partial charge in [-0.1, -0.05) is 12.1 Å². The molecule has 0 spiro atoms. The molecule has 2 aromatic heterocycles. The number of amides is 3. The number of methoxy groups -OCH3 is 1. The van der Waals surface area contributed by atoms with E-state index < -0.39 is 0 Å². The van der Waals surface area contributed by atoms with Gasteiger partial charge in [0.2, 0.25) is 11.9 Å². The standard InChI is InChI=1S/C22H25N7O3/c1-32-17-5-2-4-16(14-17)23-22(31)28-12-10-27(11-13-28)19-7-3-6-18-24-21(26-29(18)19)25-20(30)15-8-9-15/h2-7,14-15H,8-13H2,1H3,(H,23,31)(H,25,26,30). The smallest absolute Gasteiger partial charge is 0.321 e. The molecule has 1 aliphatic carbocycles. The van der Waals surface area contributed by atoms with Gasteiger partial charge in [0, 0.05) is 43.9 Å². The number of nitrogens with one attached hydrogen (secondary N) is 2. The van der Waals surface area contributed by atoms with Crippen LogP contribution in [0.4, 0.5) is 22.2 Å². The molecule has 3 heterocycles. The molecule has 2 aliphatic rings. The quantitative estimate of drug-likeness (QED) is 0.638. The third-order valence-corrected chi connectivity index (χ3v) is 5.73. The molecule has 10 heteroatoms. The van der Waals surface area contributed by atoms with E-state index in [1.165, 1.54) is 0 Å². The van der Waals surface area contributed by atoms with Gasteiger partial charge in [-0.2, -0.15) is 9.50 Å². The molecule has 0 radical (unpaired) electrons. The zero-order valence-corrected chi connectivity index (χ0v) is 17.8. The van der Waals surface area contributed by atoms with Gasteiger partial charge < -0.3 is 19.9 Å². The predicted octanol–water partition coefficient (Wildman–Crippen LogP) is 2.44. The monoisotopic (exact) mass is 435 g/mol. The molecule has 2 N–H and O–H groups in total. The average molecular weight is 435 g/mol. The van der Waals surface area contributed by atoms with Gasteiger partial charge in [0.05, 0.1) is 7.11 Å². The van der Waals surface area contributed by atoms with E-state index in [-0.39, 0.29) is 17.9 Å². The Balaban J connectivity index is 1.24. The molecule has 2 fully saturated rings. The molecule has 1 aromatic carbocycles. The molecule has 1 aliphatic heterocycles. The number of pyridine rings is 1. The molecule has 0 bridgehead atoms. The summed E-state index contributed by atoms with van der Waals surface area (Å²) in [6.07, 6.45) is 1.86.